The number of nitro groups is 1. The molecule has 232 valence electrons. The minimum Gasteiger partial charge on any atom is -0.493 e. The number of benzene rings is 2. The Morgan fingerprint density at radius 3 is 2.53 bits per heavy atom. The highest BCUT2D eigenvalue weighted by Crippen LogP contribution is 2.49. The molecule has 5 heterocycles. The highest BCUT2D eigenvalue weighted by Gasteiger charge is 2.49. The van der Waals surface area contributed by atoms with Gasteiger partial charge in [0.25, 0.3) is 11.8 Å². The molecule has 3 atom stereocenters. The maximum absolute atomic E-state index is 13.9. The Balaban J connectivity index is 1.11. The van der Waals surface area contributed by atoms with Crippen molar-refractivity contribution in [3.05, 3.63) is 91.4 Å². The van der Waals surface area contributed by atoms with Crippen LogP contribution in [0.3, 0.4) is 0 Å². The fourth-order valence-electron chi connectivity index (χ4n) is 7.49. The monoisotopic (exact) mass is 613 g/mol. The lowest BCUT2D eigenvalue weighted by molar-refractivity contribution is -0.386. The number of amides is 3. The number of methoxy groups -OCH3 is 2. The molecule has 45 heavy (non-hydrogen) atoms. The molecule has 0 aliphatic carbocycles. The van der Waals surface area contributed by atoms with Gasteiger partial charge in [-0.1, -0.05) is 18.2 Å². The lowest BCUT2D eigenvalue weighted by Gasteiger charge is -2.43. The van der Waals surface area contributed by atoms with E-state index in [4.69, 9.17) is 9.47 Å². The van der Waals surface area contributed by atoms with Crippen molar-refractivity contribution in [1.82, 2.24) is 14.4 Å². The average molecular weight is 614 g/mol. The third-order valence-corrected chi connectivity index (χ3v) is 9.41. The molecule has 0 N–H and O–H groups in total. The van der Waals surface area contributed by atoms with E-state index in [1.54, 1.807) is 57.2 Å². The molecular formula is C32H31N5O8. The zero-order valence-electron chi connectivity index (χ0n) is 24.8. The number of aromatic nitrogens is 1. The van der Waals surface area contributed by atoms with Crippen molar-refractivity contribution in [2.45, 2.75) is 37.9 Å². The summed E-state index contributed by atoms with van der Waals surface area (Å²) in [5.41, 5.74) is 1.58. The molecule has 1 unspecified atom stereocenters. The number of piperidine rings is 1. The minimum atomic E-state index is -0.696. The number of hydrogen-bond donors (Lipinski definition) is 0. The summed E-state index contributed by atoms with van der Waals surface area (Å²) in [6.07, 6.45) is 0.680. The van der Waals surface area contributed by atoms with Gasteiger partial charge in [-0.05, 0) is 43.0 Å². The van der Waals surface area contributed by atoms with Crippen LogP contribution in [0.5, 0.6) is 11.5 Å². The molecule has 3 aromatic rings. The summed E-state index contributed by atoms with van der Waals surface area (Å²) in [5, 5.41) is 11.3. The zero-order valence-corrected chi connectivity index (χ0v) is 24.8. The largest absolute Gasteiger partial charge is 0.493 e. The van der Waals surface area contributed by atoms with Crippen LogP contribution in [0.2, 0.25) is 0 Å². The van der Waals surface area contributed by atoms with E-state index < -0.39 is 22.3 Å². The van der Waals surface area contributed by atoms with Crippen molar-refractivity contribution in [2.24, 2.45) is 5.92 Å². The average Bonchev–Trinajstić information content (AvgIpc) is 3.34. The summed E-state index contributed by atoms with van der Waals surface area (Å²) < 4.78 is 12.5. The summed E-state index contributed by atoms with van der Waals surface area (Å²) in [5.74, 6) is 0.0770. The van der Waals surface area contributed by atoms with Gasteiger partial charge in [0.2, 0.25) is 5.91 Å². The molecule has 13 nitrogen and oxygen atoms in total. The van der Waals surface area contributed by atoms with Crippen LogP contribution in [-0.2, 0) is 11.3 Å². The first-order valence-corrected chi connectivity index (χ1v) is 14.9. The van der Waals surface area contributed by atoms with Gasteiger partial charge in [0, 0.05) is 55.8 Å². The summed E-state index contributed by atoms with van der Waals surface area (Å²) in [6.45, 7) is 1.45. The Hall–Kier alpha value is -5.20. The number of nitrogens with zero attached hydrogens (tertiary/aromatic N) is 5. The molecular weight excluding hydrogens is 582 g/mol. The van der Waals surface area contributed by atoms with E-state index in [1.807, 2.05) is 0 Å². The van der Waals surface area contributed by atoms with Crippen molar-refractivity contribution in [3.63, 3.8) is 0 Å². The van der Waals surface area contributed by atoms with E-state index in [1.165, 1.54) is 24.9 Å². The van der Waals surface area contributed by atoms with E-state index in [9.17, 15) is 29.3 Å². The number of likely N-dealkylation sites (tertiary alicyclic amines) is 1. The van der Waals surface area contributed by atoms with Gasteiger partial charge >= 0.3 is 11.2 Å². The van der Waals surface area contributed by atoms with Gasteiger partial charge in [0.05, 0.1) is 36.0 Å². The number of rotatable bonds is 7. The standard InChI is InChI=1S/C32H31N5O8/c1-44-25-12-9-21-27(28(25)45-2)32(41)36-23-7-4-3-6-20(23)30(39)34(29(21)36)13-5-8-26(38)33-15-18-14-19(17-33)22-10-11-24(37(42)43)31(40)35(22)16-18/h3-4,6-7,9-12,18-19,29H,5,8,13-17H2,1-2H3/t18-,19+,29?/m1/s1. The fourth-order valence-corrected chi connectivity index (χ4v) is 7.49. The van der Waals surface area contributed by atoms with Crippen LogP contribution in [0.15, 0.2) is 53.3 Å². The lowest BCUT2D eigenvalue weighted by atomic mass is 9.83. The maximum Gasteiger partial charge on any atom is 0.334 e. The van der Waals surface area contributed by atoms with Gasteiger partial charge in [0.15, 0.2) is 11.5 Å². The number of carbonyl (C=O) groups is 3. The van der Waals surface area contributed by atoms with E-state index in [-0.39, 0.29) is 42.5 Å². The molecule has 0 radical (unpaired) electrons. The first kappa shape index (κ1) is 28.6. The van der Waals surface area contributed by atoms with E-state index in [2.05, 4.69) is 0 Å². The molecule has 3 amide bonds. The summed E-state index contributed by atoms with van der Waals surface area (Å²) in [6, 6.07) is 13.4. The van der Waals surface area contributed by atoms with Crippen LogP contribution in [0, 0.1) is 16.0 Å². The molecule has 4 aliphatic rings. The summed E-state index contributed by atoms with van der Waals surface area (Å²) >= 11 is 0. The number of ether oxygens (including phenoxy) is 2. The molecule has 1 aromatic heterocycles. The van der Waals surface area contributed by atoms with Crippen molar-refractivity contribution in [3.8, 4) is 11.5 Å². The Labute approximate surface area is 257 Å². The molecule has 2 bridgehead atoms. The van der Waals surface area contributed by atoms with Crippen molar-refractivity contribution in [1.29, 1.82) is 0 Å². The zero-order chi connectivity index (χ0) is 31.6. The molecule has 13 heteroatoms. The first-order valence-electron chi connectivity index (χ1n) is 14.9. The molecule has 0 saturated carbocycles. The van der Waals surface area contributed by atoms with Crippen LogP contribution in [0.1, 0.15) is 63.3 Å². The van der Waals surface area contributed by atoms with Gasteiger partial charge in [-0.25, -0.2) is 0 Å². The van der Waals surface area contributed by atoms with E-state index in [0.717, 1.165) is 6.42 Å². The topological polar surface area (TPSA) is 145 Å². The molecule has 1 saturated heterocycles. The number of pyridine rings is 1. The Morgan fingerprint density at radius 2 is 1.78 bits per heavy atom. The van der Waals surface area contributed by atoms with Gasteiger partial charge in [0.1, 0.15) is 6.17 Å². The normalized spacial score (nSPS) is 21.1. The Kier molecular flexibility index (Phi) is 6.83. The maximum atomic E-state index is 13.9. The van der Waals surface area contributed by atoms with Gasteiger partial charge in [-0.2, -0.15) is 0 Å². The second kappa shape index (κ2) is 10.8. The number of hydrogen-bond acceptors (Lipinski definition) is 8. The predicted molar refractivity (Wildman–Crippen MR) is 161 cm³/mol. The second-order valence-electron chi connectivity index (χ2n) is 11.8. The second-order valence-corrected chi connectivity index (χ2v) is 11.8. The smallest absolute Gasteiger partial charge is 0.334 e. The SMILES string of the molecule is COc1ccc2c(c1OC)C(=O)N1c3ccccc3C(=O)N(CCCC(=O)N3C[C@H]4C[C@@H](C3)c3ccc([N+](=O)[O-])c(=O)n3C4)C21. The highest BCUT2D eigenvalue weighted by atomic mass is 16.6. The van der Waals surface area contributed by atoms with Gasteiger partial charge in [-0.15, -0.1) is 0 Å². The van der Waals surface area contributed by atoms with E-state index in [0.29, 0.717) is 65.6 Å². The minimum absolute atomic E-state index is 0.0154. The molecule has 0 spiro atoms. The van der Waals surface area contributed by atoms with Gasteiger partial charge in [-0.3, -0.25) is 34.2 Å². The quantitative estimate of drug-likeness (QED) is 0.292. The lowest BCUT2D eigenvalue weighted by Crippen LogP contribution is -2.50. The van der Waals surface area contributed by atoms with Crippen LogP contribution in [0.25, 0.3) is 0 Å². The molecule has 2 aromatic carbocycles. The third kappa shape index (κ3) is 4.36. The van der Waals surface area contributed by atoms with Crippen LogP contribution in [-0.4, -0.2) is 70.9 Å². The molecule has 7 rings (SSSR count). The number of carbonyl (C=O) groups excluding carboxylic acids is 3. The number of fused-ring (bicyclic) bond motifs is 9. The summed E-state index contributed by atoms with van der Waals surface area (Å²) in [4.78, 5) is 69.6. The third-order valence-electron chi connectivity index (χ3n) is 9.41. The summed E-state index contributed by atoms with van der Waals surface area (Å²) in [7, 11) is 2.97. The predicted octanol–water partition coefficient (Wildman–Crippen LogP) is 3.31. The van der Waals surface area contributed by atoms with Crippen LogP contribution in [0.4, 0.5) is 11.4 Å². The van der Waals surface area contributed by atoms with Crippen molar-refractivity contribution < 1.29 is 28.8 Å². The number of anilines is 1. The van der Waals surface area contributed by atoms with Crippen molar-refractivity contribution >= 4 is 29.1 Å². The van der Waals surface area contributed by atoms with E-state index >= 15 is 0 Å². The highest BCUT2D eigenvalue weighted by molar-refractivity contribution is 6.18. The Morgan fingerprint density at radius 1 is 0.978 bits per heavy atom. The van der Waals surface area contributed by atoms with Crippen LogP contribution >= 0.6 is 0 Å². The van der Waals surface area contributed by atoms with Crippen molar-refractivity contribution in [2.75, 3.05) is 38.8 Å². The Bertz CT molecular complexity index is 1840. The fraction of sp³-hybridized carbons (Fsp3) is 0.375. The molecule has 1 fully saturated rings. The first-order chi connectivity index (χ1) is 21.7. The van der Waals surface area contributed by atoms with Gasteiger partial charge < -0.3 is 23.8 Å². The number of para-hydroxylation sites is 1. The molecule has 4 aliphatic heterocycles. The van der Waals surface area contributed by atoms with Crippen LogP contribution < -0.4 is 19.9 Å².